The Bertz CT molecular complexity index is 3290. The second-order valence-corrected chi connectivity index (χ2v) is 31.0. The average molecular weight is 1790 g/mol. The van der Waals surface area contributed by atoms with Gasteiger partial charge in [-0.05, 0) is 6.92 Å². The van der Waals surface area contributed by atoms with Crippen LogP contribution in [0.4, 0.5) is 0 Å². The zero-order valence-corrected chi connectivity index (χ0v) is 65.7. The van der Waals surface area contributed by atoms with Gasteiger partial charge in [-0.2, -0.15) is 0 Å². The Labute approximate surface area is 691 Å². The van der Waals surface area contributed by atoms with E-state index in [0.717, 1.165) is 27.7 Å². The monoisotopic (exact) mass is 1790 g/mol. The molecule has 31 N–H and O–H groups in total. The summed E-state index contributed by atoms with van der Waals surface area (Å²) in [6.07, 6.45) is -95.1. The smallest absolute Gasteiger partial charge is 0.217 e. The summed E-state index contributed by atoms with van der Waals surface area (Å²) in [5, 5.41) is 311. The normalized spacial score (nSPS) is 49.7. The van der Waals surface area contributed by atoms with E-state index >= 15 is 0 Å². The van der Waals surface area contributed by atoms with E-state index in [0.29, 0.717) is 0 Å². The van der Waals surface area contributed by atoms with Crippen LogP contribution >= 0.6 is 0 Å². The van der Waals surface area contributed by atoms with E-state index in [1.54, 1.807) is 0 Å². The molecule has 0 aromatic rings. The topological polar surface area (TPSA) is 838 Å². The molecule has 0 radical (unpaired) electrons. The van der Waals surface area contributed by atoms with Crippen LogP contribution in [0.15, 0.2) is 0 Å². The molecule has 122 heavy (non-hydrogen) atoms. The zero-order chi connectivity index (χ0) is 89.8. The van der Waals surface area contributed by atoms with Gasteiger partial charge in [0.2, 0.25) is 23.6 Å². The summed E-state index contributed by atoms with van der Waals surface area (Å²) < 4.78 is 113. The molecular formula is C68H114N4O50. The zero-order valence-electron chi connectivity index (χ0n) is 65.7. The van der Waals surface area contributed by atoms with Crippen LogP contribution in [-0.4, -0.2) is 528 Å². The second-order valence-electron chi connectivity index (χ2n) is 31.0. The number of rotatable bonds is 31. The number of hydrogen-bond donors (Lipinski definition) is 31. The van der Waals surface area contributed by atoms with Crippen LogP contribution in [0.1, 0.15) is 34.6 Å². The van der Waals surface area contributed by atoms with Gasteiger partial charge in [0.25, 0.3) is 0 Å². The highest BCUT2D eigenvalue weighted by atomic mass is 16.8. The highest BCUT2D eigenvalue weighted by Crippen LogP contribution is 2.41. The average Bonchev–Trinajstić information content (AvgIpc) is 0.774. The summed E-state index contributed by atoms with van der Waals surface area (Å²) in [6, 6.07) is -7.57. The summed E-state index contributed by atoms with van der Waals surface area (Å²) in [7, 11) is 0. The molecule has 0 aromatic heterocycles. The standard InChI is InChI=1S/C68H114N4O50/c1-15-33(84)44(95)48(99)63(106-15)104-14-28-54(41(92)29(59(103)107-28)69-16(2)80)116-61-31(71-18(4)82)42(93)53(25(11-78)113-61)118-66-51(102)56(120-68-58(47(98)37(88)23(9-76)112-68)122-60-30(70-17(3)81)40(91)34(85)20(6-73)108-60)39(90)27(115-66)13-105-67-57(46(97)36(87)22(8-75)111-67)121-62-32(72-19(5)83)43(94)52(26(12-79)114-62)117-65-50(101)55(38(89)24(10-77)110-65)119-64-49(100)45(96)35(86)21(7-74)109-64/h15,20-68,73-79,84-103H,6-14H2,1-5H3,(H,69,80)(H,70,81)(H,71,82)(H,72,83)/t15-,20-,21-,22-,23-,24-,25-,26-,27-,28-,29-,30-,31-,32-,33+,34-,35+,36-,37-,38+,39-,40-,41-,42-,43-,44+,45+,46+,47+,48-,49-,50-,51+,52-,53-,54-,55+,56+,57+,58+,59-,60+,61+,62+,63+,64-,65+,66+,67+,68-/m1/s1. The van der Waals surface area contributed by atoms with Gasteiger partial charge in [0.05, 0.1) is 65.6 Å². The van der Waals surface area contributed by atoms with Crippen LogP contribution in [0.25, 0.3) is 0 Å². The van der Waals surface area contributed by atoms with Crippen LogP contribution in [-0.2, 0) is 109 Å². The SMILES string of the molecule is CC(=O)N[C@@H]1[C@@H](O)[C@H](O[C@@H]2O[C@H](CO)[C@@H](O[C@@H]3O[C@H](CO[C@H]4O[C@H](CO)[C@@H](O)[C@H](O)[C@@H]4O[C@@H]4O[C@H](CO)[C@@H](O[C@@H]5O[C@H](CO)[C@H](O)[C@H](O[C@H]6O[C@H](CO)[C@H](O)[C@H](O)[C@H]6O)[C@H]5O)[C@H](O)[C@H]4NC(C)=O)[C@@H](O)[C@H](O[C@H]4O[C@H](CO)[C@@H](O)[C@H](O)[C@@H]4O[C@@H]4O[C@H](CO)[C@@H](O)[C@H](O)[C@H]4NC(C)=O)[C@@H]3O)[C@H](O)[C@H]2NC(C)=O)[C@@H](CO[C@H]2O[C@H](C)[C@H](O)[C@H](O)[C@H]2O)O[C@H]1O. The fourth-order valence-corrected chi connectivity index (χ4v) is 15.8. The van der Waals surface area contributed by atoms with Crippen molar-refractivity contribution in [2.24, 2.45) is 0 Å². The van der Waals surface area contributed by atoms with E-state index in [1.807, 2.05) is 0 Å². The van der Waals surface area contributed by atoms with E-state index < -0.39 is 390 Å². The molecule has 706 valence electrons. The maximum atomic E-state index is 13.2. The van der Waals surface area contributed by atoms with Crippen molar-refractivity contribution in [3.8, 4) is 0 Å². The predicted octanol–water partition coefficient (Wildman–Crippen LogP) is -21.2. The summed E-state index contributed by atoms with van der Waals surface area (Å²) in [6.45, 7) is -4.79. The first-order valence-electron chi connectivity index (χ1n) is 39.0. The lowest BCUT2D eigenvalue weighted by Crippen LogP contribution is -2.71. The molecule has 54 heteroatoms. The van der Waals surface area contributed by atoms with E-state index in [4.69, 9.17) is 90.0 Å². The Morgan fingerprint density at radius 1 is 0.230 bits per heavy atom. The number of amides is 4. The number of carbonyl (C=O) groups is 4. The molecule has 10 heterocycles. The molecule has 4 amide bonds. The van der Waals surface area contributed by atoms with Crippen LogP contribution in [0.3, 0.4) is 0 Å². The summed E-state index contributed by atoms with van der Waals surface area (Å²) in [5.74, 6) is -3.70. The molecule has 10 aliphatic rings. The Kier molecular flexibility index (Phi) is 35.8. The molecule has 10 aliphatic heterocycles. The largest absolute Gasteiger partial charge is 0.394 e. The van der Waals surface area contributed by atoms with Gasteiger partial charge in [-0.25, -0.2) is 0 Å². The second kappa shape index (κ2) is 43.6. The molecule has 50 atom stereocenters. The molecule has 0 spiro atoms. The Balaban J connectivity index is 0.960. The molecule has 0 saturated carbocycles. The number of aliphatic hydroxyl groups excluding tert-OH is 27. The van der Waals surface area contributed by atoms with Gasteiger partial charge in [-0.3, -0.25) is 19.2 Å². The van der Waals surface area contributed by atoms with E-state index in [9.17, 15) is 157 Å². The van der Waals surface area contributed by atoms with Crippen LogP contribution in [0.2, 0.25) is 0 Å². The quantitative estimate of drug-likeness (QED) is 0.0306. The van der Waals surface area contributed by atoms with Crippen molar-refractivity contribution >= 4 is 23.6 Å². The van der Waals surface area contributed by atoms with Gasteiger partial charge >= 0.3 is 0 Å². The fourth-order valence-electron chi connectivity index (χ4n) is 15.8. The number of carbonyl (C=O) groups excluding carboxylic acids is 4. The van der Waals surface area contributed by atoms with Crippen molar-refractivity contribution in [3.05, 3.63) is 0 Å². The molecule has 54 nitrogen and oxygen atoms in total. The molecule has 0 aliphatic carbocycles. The first kappa shape index (κ1) is 100. The molecule has 10 saturated heterocycles. The van der Waals surface area contributed by atoms with E-state index in [1.165, 1.54) is 6.92 Å². The first-order chi connectivity index (χ1) is 57.7. The molecule has 0 unspecified atom stereocenters. The highest BCUT2D eigenvalue weighted by molar-refractivity contribution is 5.74. The molecular weight excluding hydrogens is 1670 g/mol. The van der Waals surface area contributed by atoms with Crippen molar-refractivity contribution in [2.45, 2.75) is 341 Å². The maximum Gasteiger partial charge on any atom is 0.217 e. The van der Waals surface area contributed by atoms with Crippen molar-refractivity contribution in [1.29, 1.82) is 0 Å². The summed E-state index contributed by atoms with van der Waals surface area (Å²) in [5.41, 5.74) is 0. The lowest BCUT2D eigenvalue weighted by Gasteiger charge is -2.51. The third kappa shape index (κ3) is 22.0. The fraction of sp³-hybridized carbons (Fsp3) is 0.941. The van der Waals surface area contributed by atoms with Crippen LogP contribution < -0.4 is 21.3 Å². The third-order valence-corrected chi connectivity index (χ3v) is 22.4. The minimum Gasteiger partial charge on any atom is -0.394 e. The van der Waals surface area contributed by atoms with Crippen LogP contribution in [0.5, 0.6) is 0 Å². The molecule has 0 aromatic carbocycles. The van der Waals surface area contributed by atoms with Gasteiger partial charge in [-0.1, -0.05) is 0 Å². The number of nitrogens with one attached hydrogen (secondary N) is 4. The Hall–Kier alpha value is -3.96. The summed E-state index contributed by atoms with van der Waals surface area (Å²) >= 11 is 0. The number of aliphatic hydroxyl groups is 27. The lowest BCUT2D eigenvalue weighted by atomic mass is 9.93. The van der Waals surface area contributed by atoms with Gasteiger partial charge in [0, 0.05) is 27.7 Å². The van der Waals surface area contributed by atoms with Crippen molar-refractivity contribution in [2.75, 3.05) is 59.5 Å². The van der Waals surface area contributed by atoms with Crippen molar-refractivity contribution in [1.82, 2.24) is 21.3 Å². The molecule has 10 rings (SSSR count). The first-order valence-corrected chi connectivity index (χ1v) is 39.0. The molecule has 10 fully saturated rings. The highest BCUT2D eigenvalue weighted by Gasteiger charge is 2.62. The van der Waals surface area contributed by atoms with E-state index in [2.05, 4.69) is 21.3 Å². The number of hydrogen-bond acceptors (Lipinski definition) is 50. The Morgan fingerprint density at radius 3 is 0.959 bits per heavy atom. The van der Waals surface area contributed by atoms with Crippen molar-refractivity contribution < 1.29 is 247 Å². The molecule has 0 bridgehead atoms. The van der Waals surface area contributed by atoms with Gasteiger partial charge < -0.3 is 249 Å². The third-order valence-electron chi connectivity index (χ3n) is 22.4. The van der Waals surface area contributed by atoms with Gasteiger partial charge in [0.1, 0.15) is 238 Å². The summed E-state index contributed by atoms with van der Waals surface area (Å²) in [4.78, 5) is 51.3. The predicted molar refractivity (Wildman–Crippen MR) is 375 cm³/mol. The minimum absolute atomic E-state index is 0.840. The van der Waals surface area contributed by atoms with E-state index in [-0.39, 0.29) is 0 Å². The van der Waals surface area contributed by atoms with Gasteiger partial charge in [-0.15, -0.1) is 0 Å². The maximum absolute atomic E-state index is 13.2. The number of ether oxygens (including phenoxy) is 19. The Morgan fingerprint density at radius 2 is 0.508 bits per heavy atom. The lowest BCUT2D eigenvalue weighted by molar-refractivity contribution is -0.397. The van der Waals surface area contributed by atoms with Crippen molar-refractivity contribution in [3.63, 3.8) is 0 Å². The minimum atomic E-state index is -2.59. The van der Waals surface area contributed by atoms with Gasteiger partial charge in [0.15, 0.2) is 62.9 Å². The van der Waals surface area contributed by atoms with Crippen LogP contribution in [0, 0.1) is 0 Å².